The Morgan fingerprint density at radius 1 is 1.24 bits per heavy atom. The van der Waals surface area contributed by atoms with E-state index in [0.717, 1.165) is 24.8 Å². The van der Waals surface area contributed by atoms with Crippen LogP contribution in [0.25, 0.3) is 0 Å². The van der Waals surface area contributed by atoms with E-state index < -0.39 is 0 Å². The van der Waals surface area contributed by atoms with E-state index in [0.29, 0.717) is 42.6 Å². The van der Waals surface area contributed by atoms with Crippen LogP contribution in [0.5, 0.6) is 0 Å². The second kappa shape index (κ2) is 9.44. The van der Waals surface area contributed by atoms with Crippen molar-refractivity contribution in [1.29, 1.82) is 0 Å². The predicted octanol–water partition coefficient (Wildman–Crippen LogP) is 3.58. The first-order chi connectivity index (χ1) is 13.9. The van der Waals surface area contributed by atoms with E-state index >= 15 is 0 Å². The van der Waals surface area contributed by atoms with Gasteiger partial charge in [0, 0.05) is 19.6 Å². The fourth-order valence-corrected chi connectivity index (χ4v) is 4.01. The average molecular weight is 417 g/mol. The number of hydrogen-bond acceptors (Lipinski definition) is 3. The largest absolute Gasteiger partial charge is 0.356 e. The molecule has 3 rings (SSSR count). The molecule has 6 nitrogen and oxygen atoms in total. The van der Waals surface area contributed by atoms with E-state index in [1.54, 1.807) is 16.5 Å². The third-order valence-electron chi connectivity index (χ3n) is 5.36. The monoisotopic (exact) mass is 416 g/mol. The van der Waals surface area contributed by atoms with Crippen LogP contribution in [0.1, 0.15) is 53.4 Å². The van der Waals surface area contributed by atoms with Crippen LogP contribution in [0.3, 0.4) is 0 Å². The Hall–Kier alpha value is -2.34. The molecule has 1 aliphatic rings. The zero-order valence-electron chi connectivity index (χ0n) is 17.4. The number of hydrogen-bond donors (Lipinski definition) is 1. The molecule has 2 aromatic rings. The number of carbonyl (C=O) groups is 2. The molecular weight excluding hydrogens is 388 g/mol. The lowest BCUT2D eigenvalue weighted by Gasteiger charge is -2.32. The van der Waals surface area contributed by atoms with Gasteiger partial charge in [-0.05, 0) is 38.7 Å². The van der Waals surface area contributed by atoms with Crippen molar-refractivity contribution < 1.29 is 9.59 Å². The number of benzene rings is 1. The molecule has 1 aromatic carbocycles. The third kappa shape index (κ3) is 4.99. The van der Waals surface area contributed by atoms with Crippen LogP contribution in [-0.4, -0.2) is 46.1 Å². The van der Waals surface area contributed by atoms with Crippen molar-refractivity contribution >= 4 is 23.4 Å². The Kier molecular flexibility index (Phi) is 6.96. The Balaban J connectivity index is 1.74. The van der Waals surface area contributed by atoms with Gasteiger partial charge in [0.15, 0.2) is 0 Å². The summed E-state index contributed by atoms with van der Waals surface area (Å²) < 4.78 is 1.67. The van der Waals surface area contributed by atoms with E-state index in [1.807, 2.05) is 38.1 Å². The lowest BCUT2D eigenvalue weighted by atomic mass is 9.96. The molecule has 7 heteroatoms. The summed E-state index contributed by atoms with van der Waals surface area (Å²) in [6, 6.07) is 8.16. The lowest BCUT2D eigenvalue weighted by molar-refractivity contribution is -0.126. The number of amides is 2. The normalized spacial score (nSPS) is 16.7. The molecule has 1 atom stereocenters. The molecule has 156 valence electrons. The molecule has 0 spiro atoms. The topological polar surface area (TPSA) is 67.2 Å². The number of aromatic nitrogens is 2. The molecule has 1 N–H and O–H groups in total. The number of aryl methyl sites for hydroxylation is 2. The third-order valence-corrected chi connectivity index (χ3v) is 5.74. The van der Waals surface area contributed by atoms with Gasteiger partial charge >= 0.3 is 0 Å². The number of rotatable bonds is 6. The minimum atomic E-state index is -0.166. The number of halogens is 1. The highest BCUT2D eigenvalue weighted by Crippen LogP contribution is 2.25. The molecule has 2 amide bonds. The maximum absolute atomic E-state index is 13.2. The second-order valence-corrected chi connectivity index (χ2v) is 8.13. The van der Waals surface area contributed by atoms with Crippen LogP contribution >= 0.6 is 11.6 Å². The molecule has 1 saturated heterocycles. The van der Waals surface area contributed by atoms with Crippen LogP contribution in [-0.2, 0) is 11.3 Å². The molecule has 1 fully saturated rings. The summed E-state index contributed by atoms with van der Waals surface area (Å²) in [5, 5.41) is 7.79. The Labute approximate surface area is 177 Å². The fraction of sp³-hybridized carbons (Fsp3) is 0.500. The number of piperidine rings is 1. The van der Waals surface area contributed by atoms with Gasteiger partial charge in [0.25, 0.3) is 5.91 Å². The Bertz CT molecular complexity index is 876. The number of nitrogens with one attached hydrogen (secondary N) is 1. The van der Waals surface area contributed by atoms with Gasteiger partial charge in [0.05, 0.1) is 23.7 Å². The first kappa shape index (κ1) is 21.4. The molecule has 1 aromatic heterocycles. The predicted molar refractivity (Wildman–Crippen MR) is 114 cm³/mol. The number of nitrogens with zero attached hydrogens (tertiary/aromatic N) is 3. The van der Waals surface area contributed by atoms with E-state index in [4.69, 9.17) is 11.6 Å². The van der Waals surface area contributed by atoms with E-state index in [2.05, 4.69) is 10.4 Å². The van der Waals surface area contributed by atoms with Crippen LogP contribution in [0.4, 0.5) is 0 Å². The Morgan fingerprint density at radius 3 is 2.66 bits per heavy atom. The first-order valence-electron chi connectivity index (χ1n) is 10.3. The molecule has 0 aliphatic carbocycles. The van der Waals surface area contributed by atoms with Crippen molar-refractivity contribution in [3.63, 3.8) is 0 Å². The maximum atomic E-state index is 13.2. The highest BCUT2D eigenvalue weighted by Gasteiger charge is 2.31. The summed E-state index contributed by atoms with van der Waals surface area (Å²) in [7, 11) is 0. The van der Waals surface area contributed by atoms with Crippen LogP contribution < -0.4 is 5.32 Å². The van der Waals surface area contributed by atoms with E-state index in [-0.39, 0.29) is 17.7 Å². The SMILES string of the molecule is CCCNC(=O)C1CCCN(C(=O)c2c(C)nn(Cc3ccc(C)cc3)c2Cl)C1. The van der Waals surface area contributed by atoms with Crippen molar-refractivity contribution in [2.45, 2.75) is 46.6 Å². The summed E-state index contributed by atoms with van der Waals surface area (Å²) in [4.78, 5) is 27.3. The molecule has 1 aliphatic heterocycles. The smallest absolute Gasteiger partial charge is 0.258 e. The van der Waals surface area contributed by atoms with Gasteiger partial charge < -0.3 is 10.2 Å². The van der Waals surface area contributed by atoms with Crippen LogP contribution in [0.2, 0.25) is 5.15 Å². The maximum Gasteiger partial charge on any atom is 0.258 e. The fourth-order valence-electron chi connectivity index (χ4n) is 3.69. The molecule has 29 heavy (non-hydrogen) atoms. The summed E-state index contributed by atoms with van der Waals surface area (Å²) >= 11 is 6.57. The van der Waals surface area contributed by atoms with Crippen molar-refractivity contribution in [1.82, 2.24) is 20.0 Å². The summed E-state index contributed by atoms with van der Waals surface area (Å²) in [5.74, 6) is -0.279. The zero-order valence-corrected chi connectivity index (χ0v) is 18.1. The standard InChI is InChI=1S/C22H29ClN4O2/c1-4-11-24-21(28)18-6-5-12-26(14-18)22(29)19-16(3)25-27(20(19)23)13-17-9-7-15(2)8-10-17/h7-10,18H,4-6,11-14H2,1-3H3,(H,24,28). The number of carbonyl (C=O) groups excluding carboxylic acids is 2. The van der Waals surface area contributed by atoms with Gasteiger partial charge in [-0.25, -0.2) is 4.68 Å². The quantitative estimate of drug-likeness (QED) is 0.782. The zero-order chi connectivity index (χ0) is 21.0. The highest BCUT2D eigenvalue weighted by atomic mass is 35.5. The van der Waals surface area contributed by atoms with Gasteiger partial charge in [0.2, 0.25) is 5.91 Å². The molecule has 0 bridgehead atoms. The minimum Gasteiger partial charge on any atom is -0.356 e. The molecular formula is C22H29ClN4O2. The highest BCUT2D eigenvalue weighted by molar-refractivity contribution is 6.33. The van der Waals surface area contributed by atoms with Gasteiger partial charge in [-0.2, -0.15) is 5.10 Å². The van der Waals surface area contributed by atoms with Crippen LogP contribution in [0, 0.1) is 19.8 Å². The van der Waals surface area contributed by atoms with Crippen molar-refractivity contribution in [3.05, 3.63) is 51.8 Å². The molecule has 1 unspecified atom stereocenters. The molecule has 0 saturated carbocycles. The van der Waals surface area contributed by atoms with Gasteiger partial charge in [-0.1, -0.05) is 48.4 Å². The minimum absolute atomic E-state index is 0.0298. The summed E-state index contributed by atoms with van der Waals surface area (Å²) in [6.45, 7) is 8.11. The first-order valence-corrected chi connectivity index (χ1v) is 10.6. The van der Waals surface area contributed by atoms with Crippen molar-refractivity contribution in [3.8, 4) is 0 Å². The van der Waals surface area contributed by atoms with Crippen molar-refractivity contribution in [2.75, 3.05) is 19.6 Å². The molecule has 0 radical (unpaired) electrons. The second-order valence-electron chi connectivity index (χ2n) is 7.78. The Morgan fingerprint density at radius 2 is 1.97 bits per heavy atom. The summed E-state index contributed by atoms with van der Waals surface area (Å²) in [6.07, 6.45) is 2.51. The number of likely N-dealkylation sites (tertiary alicyclic amines) is 1. The van der Waals surface area contributed by atoms with Crippen molar-refractivity contribution in [2.24, 2.45) is 5.92 Å². The van der Waals surface area contributed by atoms with E-state index in [9.17, 15) is 9.59 Å². The van der Waals surface area contributed by atoms with Crippen LogP contribution in [0.15, 0.2) is 24.3 Å². The van der Waals surface area contributed by atoms with E-state index in [1.165, 1.54) is 5.56 Å². The molecule has 2 heterocycles. The van der Waals surface area contributed by atoms with Gasteiger partial charge in [-0.15, -0.1) is 0 Å². The van der Waals surface area contributed by atoms with Gasteiger partial charge in [0.1, 0.15) is 5.15 Å². The lowest BCUT2D eigenvalue weighted by Crippen LogP contribution is -2.45. The van der Waals surface area contributed by atoms with Gasteiger partial charge in [-0.3, -0.25) is 9.59 Å². The average Bonchev–Trinajstić information content (AvgIpc) is 3.00. The summed E-state index contributed by atoms with van der Waals surface area (Å²) in [5.41, 5.74) is 3.32.